The predicted octanol–water partition coefficient (Wildman–Crippen LogP) is 1.24. The number of phenolic OH excluding ortho intramolecular Hbond substituents is 2. The monoisotopic (exact) mass is 332 g/mol. The van der Waals surface area contributed by atoms with Crippen molar-refractivity contribution in [1.82, 2.24) is 0 Å². The molecule has 3 aliphatic rings. The number of benzene rings is 1. The molecule has 0 aromatic heterocycles. The van der Waals surface area contributed by atoms with Gasteiger partial charge in [-0.15, -0.1) is 0 Å². The smallest absolute Gasteiger partial charge is 0.232 e. The Hall–Kier alpha value is -2.38. The number of hydrogen-bond acceptors (Lipinski definition) is 7. The molecule has 2 N–H and O–H groups in total. The van der Waals surface area contributed by atoms with Gasteiger partial charge in [0, 0.05) is 30.0 Å². The Kier molecular flexibility index (Phi) is 3.04. The zero-order valence-electron chi connectivity index (χ0n) is 13.2. The van der Waals surface area contributed by atoms with E-state index < -0.39 is 17.2 Å². The molecule has 0 bridgehead atoms. The van der Waals surface area contributed by atoms with Gasteiger partial charge in [-0.05, 0) is 6.92 Å². The molecule has 7 nitrogen and oxygen atoms in total. The highest BCUT2D eigenvalue weighted by Gasteiger charge is 2.48. The molecule has 0 radical (unpaired) electrons. The van der Waals surface area contributed by atoms with Crippen molar-refractivity contribution in [2.75, 3.05) is 13.9 Å². The number of phenols is 2. The van der Waals surface area contributed by atoms with Crippen molar-refractivity contribution in [3.63, 3.8) is 0 Å². The largest absolute Gasteiger partial charge is 0.507 e. The number of ketones is 2. The summed E-state index contributed by atoms with van der Waals surface area (Å²) in [5, 5.41) is 21.3. The van der Waals surface area contributed by atoms with Gasteiger partial charge in [0.05, 0.1) is 29.9 Å². The van der Waals surface area contributed by atoms with E-state index in [2.05, 4.69) is 0 Å². The molecule has 24 heavy (non-hydrogen) atoms. The normalized spacial score (nSPS) is 28.1. The Labute approximate surface area is 137 Å². The standard InChI is InChI=1S/C17H16O7/c1-17-5-8-7(3-11(17)23-6-24-17)14(19)12-9(18)4-10(22-2)16(21)13(12)15(8)20/h4,11,19-20H,3,5-6H2,1-2H3/t11-,17+/m1/s1. The van der Waals surface area contributed by atoms with Gasteiger partial charge in [-0.25, -0.2) is 0 Å². The molecule has 1 saturated heterocycles. The molecule has 1 aromatic rings. The molecule has 1 aliphatic heterocycles. The molecular formula is C17H16O7. The van der Waals surface area contributed by atoms with Gasteiger partial charge in [-0.1, -0.05) is 0 Å². The third-order valence-corrected chi connectivity index (χ3v) is 5.10. The van der Waals surface area contributed by atoms with Crippen LogP contribution in [0.5, 0.6) is 11.5 Å². The summed E-state index contributed by atoms with van der Waals surface area (Å²) in [5.41, 5.74) is -0.202. The lowest BCUT2D eigenvalue weighted by molar-refractivity contribution is -0.0000289. The lowest BCUT2D eigenvalue weighted by Gasteiger charge is -2.36. The molecular weight excluding hydrogens is 316 g/mol. The van der Waals surface area contributed by atoms with E-state index in [-0.39, 0.29) is 47.7 Å². The van der Waals surface area contributed by atoms with Crippen molar-refractivity contribution in [1.29, 1.82) is 0 Å². The van der Waals surface area contributed by atoms with E-state index in [4.69, 9.17) is 14.2 Å². The first kappa shape index (κ1) is 15.2. The number of fused-ring (bicyclic) bond motifs is 3. The third-order valence-electron chi connectivity index (χ3n) is 5.10. The van der Waals surface area contributed by atoms with Crippen LogP contribution in [0.1, 0.15) is 38.8 Å². The Morgan fingerprint density at radius 3 is 2.62 bits per heavy atom. The Morgan fingerprint density at radius 1 is 1.21 bits per heavy atom. The zero-order chi connectivity index (χ0) is 17.2. The average Bonchev–Trinajstić information content (AvgIpc) is 2.93. The van der Waals surface area contributed by atoms with E-state index in [0.717, 1.165) is 6.08 Å². The summed E-state index contributed by atoms with van der Waals surface area (Å²) in [6.07, 6.45) is 1.31. The summed E-state index contributed by atoms with van der Waals surface area (Å²) in [6, 6.07) is 0. The van der Waals surface area contributed by atoms with Crippen LogP contribution in [-0.4, -0.2) is 47.4 Å². The van der Waals surface area contributed by atoms with E-state index in [0.29, 0.717) is 17.5 Å². The van der Waals surface area contributed by atoms with Crippen LogP contribution in [0.2, 0.25) is 0 Å². The second-order valence-electron chi connectivity index (χ2n) is 6.42. The van der Waals surface area contributed by atoms with E-state index in [1.165, 1.54) is 7.11 Å². The fourth-order valence-electron chi connectivity index (χ4n) is 3.72. The molecule has 0 amide bonds. The highest BCUT2D eigenvalue weighted by Crippen LogP contribution is 2.48. The average molecular weight is 332 g/mol. The number of carbonyl (C=O) groups is 2. The summed E-state index contributed by atoms with van der Waals surface area (Å²) < 4.78 is 16.1. The molecule has 7 heteroatoms. The minimum absolute atomic E-state index is 0.129. The van der Waals surface area contributed by atoms with E-state index in [1.807, 2.05) is 6.92 Å². The number of hydrogen-bond donors (Lipinski definition) is 2. The van der Waals surface area contributed by atoms with Crippen molar-refractivity contribution in [3.8, 4) is 11.5 Å². The molecule has 126 valence electrons. The van der Waals surface area contributed by atoms with Crippen LogP contribution in [0.4, 0.5) is 0 Å². The molecule has 0 saturated carbocycles. The second kappa shape index (κ2) is 4.81. The van der Waals surface area contributed by atoms with Crippen LogP contribution in [0.15, 0.2) is 11.8 Å². The number of carbonyl (C=O) groups excluding carboxylic acids is 2. The SMILES string of the molecule is COC1=CC(=O)c2c(O)c3c(c(O)c2C1=O)C[C@]1(C)OCO[C@@H]1C3. The van der Waals surface area contributed by atoms with Crippen molar-refractivity contribution in [3.05, 3.63) is 34.1 Å². The van der Waals surface area contributed by atoms with Gasteiger partial charge >= 0.3 is 0 Å². The first-order valence-corrected chi connectivity index (χ1v) is 7.57. The Morgan fingerprint density at radius 2 is 1.92 bits per heavy atom. The van der Waals surface area contributed by atoms with Crippen LogP contribution in [0.3, 0.4) is 0 Å². The van der Waals surface area contributed by atoms with E-state index >= 15 is 0 Å². The van der Waals surface area contributed by atoms with Crippen molar-refractivity contribution in [2.24, 2.45) is 0 Å². The lowest BCUT2D eigenvalue weighted by Crippen LogP contribution is -2.44. The summed E-state index contributed by atoms with van der Waals surface area (Å²) in [4.78, 5) is 24.8. The zero-order valence-corrected chi connectivity index (χ0v) is 13.2. The predicted molar refractivity (Wildman–Crippen MR) is 80.2 cm³/mol. The highest BCUT2D eigenvalue weighted by molar-refractivity contribution is 6.26. The Bertz CT molecular complexity index is 823. The summed E-state index contributed by atoms with van der Waals surface area (Å²) in [7, 11) is 1.27. The summed E-state index contributed by atoms with van der Waals surface area (Å²) >= 11 is 0. The quantitative estimate of drug-likeness (QED) is 0.746. The van der Waals surface area contributed by atoms with Gasteiger partial charge in [0.1, 0.15) is 18.3 Å². The second-order valence-corrected chi connectivity index (χ2v) is 6.42. The van der Waals surface area contributed by atoms with Gasteiger partial charge < -0.3 is 24.4 Å². The molecule has 1 fully saturated rings. The molecule has 4 rings (SSSR count). The maximum atomic E-state index is 12.5. The third kappa shape index (κ3) is 1.79. The van der Waals surface area contributed by atoms with E-state index in [9.17, 15) is 19.8 Å². The number of rotatable bonds is 1. The summed E-state index contributed by atoms with van der Waals surface area (Å²) in [5.74, 6) is -1.94. The van der Waals surface area contributed by atoms with Crippen LogP contribution in [-0.2, 0) is 27.1 Å². The minimum atomic E-state index is -0.646. The van der Waals surface area contributed by atoms with Crippen molar-refractivity contribution in [2.45, 2.75) is 31.5 Å². The number of aromatic hydroxyl groups is 2. The maximum Gasteiger partial charge on any atom is 0.232 e. The Balaban J connectivity index is 1.96. The topological polar surface area (TPSA) is 102 Å². The van der Waals surface area contributed by atoms with E-state index in [1.54, 1.807) is 0 Å². The fraction of sp³-hybridized carbons (Fsp3) is 0.412. The minimum Gasteiger partial charge on any atom is -0.507 e. The number of Topliss-reactive ketones (excluding diaryl/α,β-unsaturated/α-hetero) is 1. The molecule has 2 atom stereocenters. The van der Waals surface area contributed by atoms with Crippen molar-refractivity contribution < 1.29 is 34.0 Å². The molecule has 0 unspecified atom stereocenters. The molecule has 1 heterocycles. The summed E-state index contributed by atoms with van der Waals surface area (Å²) in [6.45, 7) is 1.99. The first-order valence-electron chi connectivity index (χ1n) is 7.57. The molecule has 1 aromatic carbocycles. The fourth-order valence-corrected chi connectivity index (χ4v) is 3.72. The van der Waals surface area contributed by atoms with Crippen molar-refractivity contribution >= 4 is 11.6 Å². The van der Waals surface area contributed by atoms with Gasteiger partial charge in [-0.3, -0.25) is 9.59 Å². The number of allylic oxidation sites excluding steroid dienone is 2. The van der Waals surface area contributed by atoms with Crippen LogP contribution >= 0.6 is 0 Å². The van der Waals surface area contributed by atoms with Crippen LogP contribution < -0.4 is 0 Å². The van der Waals surface area contributed by atoms with Gasteiger partial charge in [-0.2, -0.15) is 0 Å². The molecule has 2 aliphatic carbocycles. The van der Waals surface area contributed by atoms with Gasteiger partial charge in [0.25, 0.3) is 0 Å². The number of methoxy groups -OCH3 is 1. The number of ether oxygens (including phenoxy) is 3. The lowest BCUT2D eigenvalue weighted by atomic mass is 9.75. The van der Waals surface area contributed by atoms with Gasteiger partial charge in [0.15, 0.2) is 11.5 Å². The van der Waals surface area contributed by atoms with Crippen LogP contribution in [0, 0.1) is 0 Å². The molecule has 0 spiro atoms. The first-order chi connectivity index (χ1) is 11.4. The van der Waals surface area contributed by atoms with Crippen LogP contribution in [0.25, 0.3) is 0 Å². The highest BCUT2D eigenvalue weighted by atomic mass is 16.7. The maximum absolute atomic E-state index is 12.5. The van der Waals surface area contributed by atoms with Gasteiger partial charge in [0.2, 0.25) is 5.78 Å².